The molecule has 0 heterocycles. The third-order valence-electron chi connectivity index (χ3n) is 2.27. The number of rotatable bonds is 3. The minimum atomic E-state index is -3.33. The molecule has 1 N–H and O–H groups in total. The summed E-state index contributed by atoms with van der Waals surface area (Å²) in [5, 5.41) is 9.69. The SMILES string of the molecule is Cc1cc(C)c(C(O)CS(C)(=O)=O)c(F)c1. The molecule has 1 aromatic rings. The van der Waals surface area contributed by atoms with Crippen LogP contribution in [0.5, 0.6) is 0 Å². The van der Waals surface area contributed by atoms with Gasteiger partial charge in [0.2, 0.25) is 0 Å². The van der Waals surface area contributed by atoms with Crippen molar-refractivity contribution in [1.82, 2.24) is 0 Å². The van der Waals surface area contributed by atoms with Crippen LogP contribution in [-0.4, -0.2) is 25.5 Å². The van der Waals surface area contributed by atoms with Gasteiger partial charge < -0.3 is 5.11 Å². The van der Waals surface area contributed by atoms with Crippen LogP contribution in [0, 0.1) is 19.7 Å². The molecule has 1 unspecified atom stereocenters. The molecule has 0 aliphatic heterocycles. The van der Waals surface area contributed by atoms with Gasteiger partial charge in [0.25, 0.3) is 0 Å². The first kappa shape index (κ1) is 13.1. The second-order valence-corrected chi connectivity index (χ2v) is 6.27. The summed E-state index contributed by atoms with van der Waals surface area (Å²) in [5.41, 5.74) is 1.37. The number of aliphatic hydroxyl groups is 1. The molecule has 0 saturated carbocycles. The normalized spacial score (nSPS) is 13.8. The highest BCUT2D eigenvalue weighted by Crippen LogP contribution is 2.23. The average Bonchev–Trinajstić information content (AvgIpc) is 1.96. The molecule has 0 aliphatic carbocycles. The van der Waals surface area contributed by atoms with Gasteiger partial charge in [-0.25, -0.2) is 12.8 Å². The van der Waals surface area contributed by atoms with E-state index in [-0.39, 0.29) is 5.56 Å². The van der Waals surface area contributed by atoms with E-state index < -0.39 is 27.5 Å². The lowest BCUT2D eigenvalue weighted by Gasteiger charge is -2.14. The van der Waals surface area contributed by atoms with Gasteiger partial charge in [-0.3, -0.25) is 0 Å². The Morgan fingerprint density at radius 1 is 1.38 bits per heavy atom. The number of aliphatic hydroxyl groups excluding tert-OH is 1. The molecule has 0 fully saturated rings. The summed E-state index contributed by atoms with van der Waals surface area (Å²) < 4.78 is 35.6. The maximum Gasteiger partial charge on any atom is 0.150 e. The summed E-state index contributed by atoms with van der Waals surface area (Å²) in [7, 11) is -3.33. The van der Waals surface area contributed by atoms with Gasteiger partial charge >= 0.3 is 0 Å². The predicted octanol–water partition coefficient (Wildman–Crippen LogP) is 1.52. The first-order chi connectivity index (χ1) is 7.20. The predicted molar refractivity (Wildman–Crippen MR) is 60.5 cm³/mol. The van der Waals surface area contributed by atoms with Crippen LogP contribution in [0.2, 0.25) is 0 Å². The van der Waals surface area contributed by atoms with Crippen molar-refractivity contribution in [2.24, 2.45) is 0 Å². The fraction of sp³-hybridized carbons (Fsp3) is 0.455. The largest absolute Gasteiger partial charge is 0.387 e. The molecule has 0 aliphatic rings. The van der Waals surface area contributed by atoms with Crippen LogP contribution in [0.15, 0.2) is 12.1 Å². The fourth-order valence-electron chi connectivity index (χ4n) is 1.72. The van der Waals surface area contributed by atoms with Gasteiger partial charge in [-0.2, -0.15) is 0 Å². The van der Waals surface area contributed by atoms with Crippen LogP contribution >= 0.6 is 0 Å². The number of sulfone groups is 1. The topological polar surface area (TPSA) is 54.4 Å². The van der Waals surface area contributed by atoms with Gasteiger partial charge in [-0.1, -0.05) is 6.07 Å². The molecule has 0 saturated heterocycles. The van der Waals surface area contributed by atoms with Gasteiger partial charge in [0.05, 0.1) is 11.9 Å². The molecule has 1 rings (SSSR count). The molecule has 0 aromatic heterocycles. The van der Waals surface area contributed by atoms with E-state index in [4.69, 9.17) is 0 Å². The first-order valence-corrected chi connectivity index (χ1v) is 6.89. The minimum absolute atomic E-state index is 0.0658. The fourth-order valence-corrected chi connectivity index (χ4v) is 2.46. The van der Waals surface area contributed by atoms with E-state index in [9.17, 15) is 17.9 Å². The van der Waals surface area contributed by atoms with E-state index in [1.54, 1.807) is 19.9 Å². The zero-order valence-corrected chi connectivity index (χ0v) is 10.3. The Hall–Kier alpha value is -0.940. The van der Waals surface area contributed by atoms with Crippen LogP contribution in [0.25, 0.3) is 0 Å². The van der Waals surface area contributed by atoms with E-state index in [0.717, 1.165) is 11.8 Å². The standard InChI is InChI=1S/C11H15FO3S/c1-7-4-8(2)11(9(12)5-7)10(13)6-16(3,14)15/h4-5,10,13H,6H2,1-3H3. The molecule has 0 bridgehead atoms. The van der Waals surface area contributed by atoms with Gasteiger partial charge in [0, 0.05) is 11.8 Å². The Labute approximate surface area is 94.8 Å². The van der Waals surface area contributed by atoms with Gasteiger partial charge in [-0.05, 0) is 31.0 Å². The Morgan fingerprint density at radius 3 is 2.38 bits per heavy atom. The maximum atomic E-state index is 13.6. The van der Waals surface area contributed by atoms with Crippen LogP contribution in [0.4, 0.5) is 4.39 Å². The molecule has 90 valence electrons. The highest BCUT2D eigenvalue weighted by atomic mass is 32.2. The molecule has 3 nitrogen and oxygen atoms in total. The monoisotopic (exact) mass is 246 g/mol. The number of benzene rings is 1. The Balaban J connectivity index is 3.14. The van der Waals surface area contributed by atoms with Crippen molar-refractivity contribution in [2.45, 2.75) is 20.0 Å². The summed E-state index contributed by atoms with van der Waals surface area (Å²) in [5.74, 6) is -1.03. The maximum absolute atomic E-state index is 13.6. The summed E-state index contributed by atoms with van der Waals surface area (Å²) in [6, 6.07) is 3.00. The zero-order chi connectivity index (χ0) is 12.5. The summed E-state index contributed by atoms with van der Waals surface area (Å²) >= 11 is 0. The smallest absolute Gasteiger partial charge is 0.150 e. The van der Waals surface area contributed by atoms with Crippen LogP contribution in [0.1, 0.15) is 22.8 Å². The summed E-state index contributed by atoms with van der Waals surface area (Å²) in [4.78, 5) is 0. The van der Waals surface area contributed by atoms with Crippen molar-refractivity contribution < 1.29 is 17.9 Å². The van der Waals surface area contributed by atoms with E-state index >= 15 is 0 Å². The number of halogens is 1. The van der Waals surface area contributed by atoms with E-state index in [0.29, 0.717) is 5.56 Å². The van der Waals surface area contributed by atoms with Crippen molar-refractivity contribution in [3.05, 3.63) is 34.6 Å². The lowest BCUT2D eigenvalue weighted by atomic mass is 10.0. The Morgan fingerprint density at radius 2 is 1.94 bits per heavy atom. The molecule has 0 radical (unpaired) electrons. The van der Waals surface area contributed by atoms with Crippen molar-refractivity contribution in [3.8, 4) is 0 Å². The average molecular weight is 246 g/mol. The van der Waals surface area contributed by atoms with Crippen molar-refractivity contribution in [2.75, 3.05) is 12.0 Å². The highest BCUT2D eigenvalue weighted by molar-refractivity contribution is 7.90. The molecular weight excluding hydrogens is 231 g/mol. The molecular formula is C11H15FO3S. The third-order valence-corrected chi connectivity index (χ3v) is 3.20. The van der Waals surface area contributed by atoms with Gasteiger partial charge in [-0.15, -0.1) is 0 Å². The molecule has 1 aromatic carbocycles. The Kier molecular flexibility index (Phi) is 3.70. The van der Waals surface area contributed by atoms with Crippen LogP contribution < -0.4 is 0 Å². The first-order valence-electron chi connectivity index (χ1n) is 4.83. The zero-order valence-electron chi connectivity index (χ0n) is 9.49. The van der Waals surface area contributed by atoms with Crippen LogP contribution in [0.3, 0.4) is 0 Å². The molecule has 1 atom stereocenters. The molecule has 0 spiro atoms. The van der Waals surface area contributed by atoms with Crippen molar-refractivity contribution in [1.29, 1.82) is 0 Å². The molecule has 0 amide bonds. The summed E-state index contributed by atoms with van der Waals surface area (Å²) in [6.07, 6.45) is -0.298. The number of aryl methyl sites for hydroxylation is 2. The van der Waals surface area contributed by atoms with E-state index in [1.165, 1.54) is 6.07 Å². The number of hydrogen-bond donors (Lipinski definition) is 1. The van der Waals surface area contributed by atoms with E-state index in [2.05, 4.69) is 0 Å². The van der Waals surface area contributed by atoms with Crippen molar-refractivity contribution >= 4 is 9.84 Å². The number of hydrogen-bond acceptors (Lipinski definition) is 3. The van der Waals surface area contributed by atoms with Gasteiger partial charge in [0.1, 0.15) is 15.7 Å². The minimum Gasteiger partial charge on any atom is -0.387 e. The Bertz CT molecular complexity index is 471. The summed E-state index contributed by atoms with van der Waals surface area (Å²) in [6.45, 7) is 3.39. The third kappa shape index (κ3) is 3.28. The second-order valence-electron chi connectivity index (χ2n) is 4.09. The highest BCUT2D eigenvalue weighted by Gasteiger charge is 2.20. The molecule has 5 heteroatoms. The second kappa shape index (κ2) is 4.51. The quantitative estimate of drug-likeness (QED) is 0.879. The van der Waals surface area contributed by atoms with Gasteiger partial charge in [0.15, 0.2) is 0 Å². The lowest BCUT2D eigenvalue weighted by molar-refractivity contribution is 0.196. The van der Waals surface area contributed by atoms with Crippen molar-refractivity contribution in [3.63, 3.8) is 0 Å². The van der Waals surface area contributed by atoms with Crippen LogP contribution in [-0.2, 0) is 9.84 Å². The van der Waals surface area contributed by atoms with E-state index in [1.807, 2.05) is 0 Å². The lowest BCUT2D eigenvalue weighted by Crippen LogP contribution is -2.15. The molecule has 16 heavy (non-hydrogen) atoms.